The molecule has 1 aromatic rings. The quantitative estimate of drug-likeness (QED) is 0.502. The third kappa shape index (κ3) is 4.48. The van der Waals surface area contributed by atoms with Crippen molar-refractivity contribution in [2.24, 2.45) is 5.92 Å². The molecule has 5 rings (SSSR count). The van der Waals surface area contributed by atoms with Crippen LogP contribution in [0.25, 0.3) is 0 Å². The van der Waals surface area contributed by atoms with E-state index in [-0.39, 0.29) is 17.7 Å². The fraction of sp³-hybridized carbons (Fsp3) is 0.536. The van der Waals surface area contributed by atoms with Gasteiger partial charge < -0.3 is 14.4 Å². The second-order valence-electron chi connectivity index (χ2n) is 9.33. The van der Waals surface area contributed by atoms with E-state index < -0.39 is 0 Å². The van der Waals surface area contributed by atoms with E-state index in [4.69, 9.17) is 9.47 Å². The number of carbonyl (C=O) groups excluding carboxylic acids is 1. The third-order valence-corrected chi connectivity index (χ3v) is 7.36. The van der Waals surface area contributed by atoms with Crippen LogP contribution in [-0.2, 0) is 5.54 Å². The van der Waals surface area contributed by atoms with Crippen LogP contribution >= 0.6 is 0 Å². The lowest BCUT2D eigenvalue weighted by atomic mass is 9.92. The van der Waals surface area contributed by atoms with Crippen LogP contribution in [0, 0.1) is 5.92 Å². The van der Waals surface area contributed by atoms with Crippen molar-refractivity contribution in [2.75, 3.05) is 26.2 Å². The summed E-state index contributed by atoms with van der Waals surface area (Å²) in [5.74, 6) is 2.33. The number of benzene rings is 1. The monoisotopic (exact) mass is 450 g/mol. The molecule has 1 aliphatic carbocycles. The molecule has 1 saturated heterocycles. The van der Waals surface area contributed by atoms with Gasteiger partial charge in [0.25, 0.3) is 5.91 Å². The van der Waals surface area contributed by atoms with Crippen molar-refractivity contribution in [2.45, 2.75) is 64.7 Å². The van der Waals surface area contributed by atoms with E-state index in [1.807, 2.05) is 45.1 Å². The number of amides is 1. The molecule has 3 aliphatic heterocycles. The zero-order valence-electron chi connectivity index (χ0n) is 20.4. The molecule has 4 aliphatic rings. The van der Waals surface area contributed by atoms with E-state index in [9.17, 15) is 4.79 Å². The summed E-state index contributed by atoms with van der Waals surface area (Å²) in [5, 5.41) is 0. The molecule has 178 valence electrons. The number of carbonyl (C=O) groups is 1. The standard InChI is InChI=1S/C26H32N2O3.C2H6/c1-4-6-19(5-2)17-27-12-7-20(8-13-27)9-14-28-25(29)21-15-23-24(31-18(3)30-23)16-22(21)26(28)10-11-26;1-2/h4-6,15-16,18,20H,1-2,7-14,17H2,3H3;1-2H3/b19-6+;. The van der Waals surface area contributed by atoms with Gasteiger partial charge in [-0.15, -0.1) is 0 Å². The van der Waals surface area contributed by atoms with E-state index in [2.05, 4.69) is 29.0 Å². The Hall–Kier alpha value is -2.53. The molecule has 0 aromatic heterocycles. The van der Waals surface area contributed by atoms with E-state index in [1.54, 1.807) is 0 Å². The van der Waals surface area contributed by atoms with Crippen LogP contribution < -0.4 is 9.47 Å². The Labute approximate surface area is 198 Å². The molecule has 33 heavy (non-hydrogen) atoms. The zero-order valence-corrected chi connectivity index (χ0v) is 20.4. The van der Waals surface area contributed by atoms with Gasteiger partial charge in [0, 0.05) is 25.6 Å². The molecule has 2 fully saturated rings. The summed E-state index contributed by atoms with van der Waals surface area (Å²) in [5.41, 5.74) is 3.09. The van der Waals surface area contributed by atoms with E-state index >= 15 is 0 Å². The van der Waals surface area contributed by atoms with E-state index in [0.29, 0.717) is 11.7 Å². The second kappa shape index (κ2) is 9.76. The highest BCUT2D eigenvalue weighted by Gasteiger charge is 2.58. The SMILES string of the molecule is C=C/C=C(\C=C)CN1CCC(CCN2C(=O)c3cc4c(cc3C23CC3)OC(C)O4)CC1.CC. The van der Waals surface area contributed by atoms with Crippen molar-refractivity contribution in [3.05, 3.63) is 60.2 Å². The minimum absolute atomic E-state index is 0.0916. The molecular weight excluding hydrogens is 412 g/mol. The van der Waals surface area contributed by atoms with Crippen LogP contribution in [0.15, 0.2) is 49.1 Å². The summed E-state index contributed by atoms with van der Waals surface area (Å²) in [6.07, 6.45) is 11.1. The number of fused-ring (bicyclic) bond motifs is 3. The molecule has 0 N–H and O–H groups in total. The topological polar surface area (TPSA) is 42.0 Å². The van der Waals surface area contributed by atoms with Crippen LogP contribution in [-0.4, -0.2) is 48.2 Å². The Morgan fingerprint density at radius 1 is 1.15 bits per heavy atom. The first-order valence-corrected chi connectivity index (χ1v) is 12.5. The summed E-state index contributed by atoms with van der Waals surface area (Å²) in [6, 6.07) is 3.97. The Morgan fingerprint density at radius 3 is 2.42 bits per heavy atom. The Balaban J connectivity index is 0.00000126. The van der Waals surface area contributed by atoms with Crippen LogP contribution in [0.3, 0.4) is 0 Å². The molecule has 1 atom stereocenters. The maximum absolute atomic E-state index is 13.3. The number of piperidine rings is 1. The lowest BCUT2D eigenvalue weighted by molar-refractivity contribution is 0.0647. The van der Waals surface area contributed by atoms with Gasteiger partial charge in [-0.2, -0.15) is 0 Å². The number of hydrogen-bond donors (Lipinski definition) is 0. The molecule has 1 amide bonds. The second-order valence-corrected chi connectivity index (χ2v) is 9.33. The molecule has 1 aromatic carbocycles. The fourth-order valence-electron chi connectivity index (χ4n) is 5.49. The van der Waals surface area contributed by atoms with Crippen molar-refractivity contribution in [1.29, 1.82) is 0 Å². The summed E-state index contributed by atoms with van der Waals surface area (Å²) >= 11 is 0. The summed E-state index contributed by atoms with van der Waals surface area (Å²) < 4.78 is 11.5. The fourth-order valence-corrected chi connectivity index (χ4v) is 5.49. The summed E-state index contributed by atoms with van der Waals surface area (Å²) in [6.45, 7) is 17.6. The average molecular weight is 451 g/mol. The van der Waals surface area contributed by atoms with Gasteiger partial charge in [0.05, 0.1) is 5.54 Å². The predicted octanol–water partition coefficient (Wildman–Crippen LogP) is 5.68. The van der Waals surface area contributed by atoms with Crippen molar-refractivity contribution in [3.63, 3.8) is 0 Å². The largest absolute Gasteiger partial charge is 0.451 e. The smallest absolute Gasteiger partial charge is 0.255 e. The number of rotatable bonds is 7. The third-order valence-electron chi connectivity index (χ3n) is 7.36. The summed E-state index contributed by atoms with van der Waals surface area (Å²) in [4.78, 5) is 17.9. The van der Waals surface area contributed by atoms with Gasteiger partial charge in [-0.05, 0) is 74.4 Å². The Bertz CT molecular complexity index is 939. The first-order valence-electron chi connectivity index (χ1n) is 12.5. The number of likely N-dealkylation sites (tertiary alicyclic amines) is 1. The number of ether oxygens (including phenoxy) is 2. The summed E-state index contributed by atoms with van der Waals surface area (Å²) in [7, 11) is 0. The maximum atomic E-state index is 13.3. The number of hydrogen-bond acceptors (Lipinski definition) is 4. The highest BCUT2D eigenvalue weighted by atomic mass is 16.7. The minimum atomic E-state index is -0.278. The van der Waals surface area contributed by atoms with Gasteiger partial charge in [0.1, 0.15) is 0 Å². The average Bonchev–Trinajstić information content (AvgIpc) is 3.49. The number of allylic oxidation sites excluding steroid dienone is 2. The van der Waals surface area contributed by atoms with Crippen LogP contribution in [0.4, 0.5) is 0 Å². The van der Waals surface area contributed by atoms with Crippen molar-refractivity contribution >= 4 is 5.91 Å². The van der Waals surface area contributed by atoms with Crippen molar-refractivity contribution in [1.82, 2.24) is 9.80 Å². The van der Waals surface area contributed by atoms with Crippen LogP contribution in [0.5, 0.6) is 11.5 Å². The highest BCUT2D eigenvalue weighted by Crippen LogP contribution is 2.58. The van der Waals surface area contributed by atoms with Gasteiger partial charge in [0.15, 0.2) is 11.5 Å². The molecule has 5 nitrogen and oxygen atoms in total. The molecule has 1 unspecified atom stereocenters. The number of nitrogens with zero attached hydrogens (tertiary/aromatic N) is 2. The molecular formula is C28H38N2O3. The molecule has 5 heteroatoms. The van der Waals surface area contributed by atoms with E-state index in [0.717, 1.165) is 62.3 Å². The van der Waals surface area contributed by atoms with Gasteiger partial charge in [-0.25, -0.2) is 0 Å². The molecule has 3 heterocycles. The van der Waals surface area contributed by atoms with Crippen molar-refractivity contribution < 1.29 is 14.3 Å². The molecule has 0 radical (unpaired) electrons. The maximum Gasteiger partial charge on any atom is 0.255 e. The van der Waals surface area contributed by atoms with Crippen LogP contribution in [0.2, 0.25) is 0 Å². The van der Waals surface area contributed by atoms with Gasteiger partial charge in [-0.3, -0.25) is 9.69 Å². The van der Waals surface area contributed by atoms with Gasteiger partial charge >= 0.3 is 0 Å². The first kappa shape index (κ1) is 23.6. The van der Waals surface area contributed by atoms with E-state index in [1.165, 1.54) is 18.4 Å². The highest BCUT2D eigenvalue weighted by molar-refractivity contribution is 6.01. The zero-order chi connectivity index (χ0) is 23.6. The van der Waals surface area contributed by atoms with Gasteiger partial charge in [-0.1, -0.05) is 45.2 Å². The van der Waals surface area contributed by atoms with Crippen LogP contribution in [0.1, 0.15) is 68.8 Å². The predicted molar refractivity (Wildman–Crippen MR) is 133 cm³/mol. The Morgan fingerprint density at radius 2 is 1.82 bits per heavy atom. The molecule has 0 bridgehead atoms. The minimum Gasteiger partial charge on any atom is -0.451 e. The lowest BCUT2D eigenvalue weighted by Gasteiger charge is -2.34. The molecule has 1 saturated carbocycles. The first-order chi connectivity index (χ1) is 16.0. The lowest BCUT2D eigenvalue weighted by Crippen LogP contribution is -2.38. The Kier molecular flexibility index (Phi) is 6.99. The van der Waals surface area contributed by atoms with Gasteiger partial charge in [0.2, 0.25) is 6.29 Å². The van der Waals surface area contributed by atoms with Crippen molar-refractivity contribution in [3.8, 4) is 11.5 Å². The normalized spacial score (nSPS) is 23.2. The molecule has 1 spiro atoms.